The van der Waals surface area contributed by atoms with Gasteiger partial charge in [-0.05, 0) is 43.5 Å². The Morgan fingerprint density at radius 1 is 1.16 bits per heavy atom. The first-order valence-electron chi connectivity index (χ1n) is 8.89. The van der Waals surface area contributed by atoms with Crippen molar-refractivity contribution in [2.24, 2.45) is 0 Å². The smallest absolute Gasteiger partial charge is 0.257 e. The van der Waals surface area contributed by atoms with E-state index in [-0.39, 0.29) is 5.91 Å². The lowest BCUT2D eigenvalue weighted by atomic mass is 10.0. The van der Waals surface area contributed by atoms with Crippen LogP contribution < -0.4 is 4.74 Å². The van der Waals surface area contributed by atoms with E-state index in [0.29, 0.717) is 23.2 Å². The summed E-state index contributed by atoms with van der Waals surface area (Å²) in [5.74, 6) is 1.72. The summed E-state index contributed by atoms with van der Waals surface area (Å²) in [6, 6.07) is 16.1. The van der Waals surface area contributed by atoms with Crippen LogP contribution in [0.2, 0.25) is 0 Å². The van der Waals surface area contributed by atoms with Gasteiger partial charge in [-0.25, -0.2) is 0 Å². The van der Waals surface area contributed by atoms with Gasteiger partial charge in [0.1, 0.15) is 5.75 Å². The molecule has 1 aliphatic rings. The number of nitrogens with zero attached hydrogens (tertiary/aromatic N) is 1. The SMILES string of the molecule is CCOc1ccccc1C(=O)N1CCSC(c2ccccc2C)CC1. The normalized spacial score (nSPS) is 17.8. The van der Waals surface area contributed by atoms with Gasteiger partial charge in [-0.3, -0.25) is 4.79 Å². The number of carbonyl (C=O) groups excluding carboxylic acids is 1. The van der Waals surface area contributed by atoms with Crippen LogP contribution in [-0.2, 0) is 0 Å². The Kier molecular flexibility index (Phi) is 6.03. The molecule has 0 aliphatic carbocycles. The third kappa shape index (κ3) is 4.18. The maximum Gasteiger partial charge on any atom is 0.257 e. The number of ether oxygens (including phenoxy) is 1. The molecule has 1 aliphatic heterocycles. The van der Waals surface area contributed by atoms with Crippen molar-refractivity contribution in [2.75, 3.05) is 25.4 Å². The zero-order valence-electron chi connectivity index (χ0n) is 14.9. The number of carbonyl (C=O) groups is 1. The van der Waals surface area contributed by atoms with E-state index in [1.807, 2.05) is 47.9 Å². The molecule has 0 aromatic heterocycles. The first-order valence-corrected chi connectivity index (χ1v) is 9.93. The molecule has 4 heteroatoms. The van der Waals surface area contributed by atoms with E-state index >= 15 is 0 Å². The van der Waals surface area contributed by atoms with Gasteiger partial charge in [0.25, 0.3) is 5.91 Å². The summed E-state index contributed by atoms with van der Waals surface area (Å²) in [5.41, 5.74) is 3.40. The Morgan fingerprint density at radius 3 is 2.72 bits per heavy atom. The van der Waals surface area contributed by atoms with Crippen LogP contribution >= 0.6 is 11.8 Å². The summed E-state index contributed by atoms with van der Waals surface area (Å²) in [6.45, 7) is 6.24. The predicted octanol–water partition coefficient (Wildman–Crippen LogP) is 4.71. The number of benzene rings is 2. The summed E-state index contributed by atoms with van der Waals surface area (Å²) in [5, 5.41) is 0.459. The highest BCUT2D eigenvalue weighted by Crippen LogP contribution is 2.36. The molecule has 1 fully saturated rings. The first-order chi connectivity index (χ1) is 12.2. The zero-order valence-corrected chi connectivity index (χ0v) is 15.7. The second-order valence-electron chi connectivity index (χ2n) is 6.23. The highest BCUT2D eigenvalue weighted by Gasteiger charge is 2.25. The average Bonchev–Trinajstić information content (AvgIpc) is 2.88. The molecule has 1 amide bonds. The molecule has 0 N–H and O–H groups in total. The van der Waals surface area contributed by atoms with E-state index < -0.39 is 0 Å². The van der Waals surface area contributed by atoms with E-state index in [1.165, 1.54) is 11.1 Å². The summed E-state index contributed by atoms with van der Waals surface area (Å²) in [6.07, 6.45) is 0.984. The van der Waals surface area contributed by atoms with Crippen LogP contribution in [0, 0.1) is 6.92 Å². The number of para-hydroxylation sites is 1. The molecule has 25 heavy (non-hydrogen) atoms. The Hall–Kier alpha value is -1.94. The molecule has 1 saturated heterocycles. The fourth-order valence-corrected chi connectivity index (χ4v) is 4.59. The van der Waals surface area contributed by atoms with E-state index in [2.05, 4.69) is 31.2 Å². The molecule has 1 atom stereocenters. The number of thioether (sulfide) groups is 1. The van der Waals surface area contributed by atoms with Crippen molar-refractivity contribution < 1.29 is 9.53 Å². The maximum atomic E-state index is 13.0. The van der Waals surface area contributed by atoms with Crippen molar-refractivity contribution in [3.63, 3.8) is 0 Å². The molecule has 2 aromatic carbocycles. The minimum atomic E-state index is 0.0788. The van der Waals surface area contributed by atoms with Crippen LogP contribution in [0.4, 0.5) is 0 Å². The maximum absolute atomic E-state index is 13.0. The van der Waals surface area contributed by atoms with Crippen LogP contribution in [-0.4, -0.2) is 36.3 Å². The second kappa shape index (κ2) is 8.43. The molecule has 3 nitrogen and oxygen atoms in total. The summed E-state index contributed by atoms with van der Waals surface area (Å²) in [4.78, 5) is 15.0. The third-order valence-corrected chi connectivity index (χ3v) is 5.89. The van der Waals surface area contributed by atoms with Crippen LogP contribution in [0.1, 0.15) is 40.1 Å². The van der Waals surface area contributed by atoms with E-state index in [9.17, 15) is 4.79 Å². The predicted molar refractivity (Wildman–Crippen MR) is 105 cm³/mol. The number of amides is 1. The van der Waals surface area contributed by atoms with Crippen molar-refractivity contribution in [2.45, 2.75) is 25.5 Å². The molecule has 1 heterocycles. The summed E-state index contributed by atoms with van der Waals surface area (Å²) in [7, 11) is 0. The number of hydrogen-bond acceptors (Lipinski definition) is 3. The van der Waals surface area contributed by atoms with Gasteiger partial charge in [0.15, 0.2) is 0 Å². The lowest BCUT2D eigenvalue weighted by molar-refractivity contribution is 0.0762. The molecule has 0 radical (unpaired) electrons. The lowest BCUT2D eigenvalue weighted by Crippen LogP contribution is -2.33. The van der Waals surface area contributed by atoms with Gasteiger partial charge in [-0.2, -0.15) is 11.8 Å². The van der Waals surface area contributed by atoms with Gasteiger partial charge < -0.3 is 9.64 Å². The van der Waals surface area contributed by atoms with Gasteiger partial charge in [0.2, 0.25) is 0 Å². The third-order valence-electron chi connectivity index (χ3n) is 4.58. The summed E-state index contributed by atoms with van der Waals surface area (Å²) < 4.78 is 5.63. The molecular formula is C21H25NO2S. The largest absolute Gasteiger partial charge is 0.493 e. The second-order valence-corrected chi connectivity index (χ2v) is 7.54. The van der Waals surface area contributed by atoms with Gasteiger partial charge in [-0.1, -0.05) is 36.4 Å². The van der Waals surface area contributed by atoms with Crippen molar-refractivity contribution in [1.29, 1.82) is 0 Å². The molecule has 0 spiro atoms. The Morgan fingerprint density at radius 2 is 1.92 bits per heavy atom. The minimum Gasteiger partial charge on any atom is -0.493 e. The Labute approximate surface area is 154 Å². The number of hydrogen-bond donors (Lipinski definition) is 0. The number of rotatable bonds is 4. The summed E-state index contributed by atoms with van der Waals surface area (Å²) >= 11 is 1.96. The van der Waals surface area contributed by atoms with E-state index in [1.54, 1.807) is 0 Å². The first kappa shape index (κ1) is 17.9. The van der Waals surface area contributed by atoms with Gasteiger partial charge >= 0.3 is 0 Å². The minimum absolute atomic E-state index is 0.0788. The standard InChI is InChI=1S/C21H25NO2S/c1-3-24-19-11-7-6-10-18(19)21(23)22-13-12-20(25-15-14-22)17-9-5-4-8-16(17)2/h4-11,20H,3,12-15H2,1-2H3. The molecule has 2 aromatic rings. The lowest BCUT2D eigenvalue weighted by Gasteiger charge is -2.22. The molecule has 132 valence electrons. The quantitative estimate of drug-likeness (QED) is 0.795. The van der Waals surface area contributed by atoms with Crippen molar-refractivity contribution in [3.05, 3.63) is 65.2 Å². The van der Waals surface area contributed by atoms with E-state index in [0.717, 1.165) is 25.3 Å². The van der Waals surface area contributed by atoms with Crippen molar-refractivity contribution in [1.82, 2.24) is 4.90 Å². The van der Waals surface area contributed by atoms with Gasteiger partial charge in [0, 0.05) is 24.1 Å². The molecule has 3 rings (SSSR count). The Bertz CT molecular complexity index is 731. The van der Waals surface area contributed by atoms with Crippen LogP contribution in [0.5, 0.6) is 5.75 Å². The van der Waals surface area contributed by atoms with Crippen molar-refractivity contribution >= 4 is 17.7 Å². The highest BCUT2D eigenvalue weighted by molar-refractivity contribution is 7.99. The topological polar surface area (TPSA) is 29.5 Å². The molecule has 1 unspecified atom stereocenters. The van der Waals surface area contributed by atoms with Gasteiger partial charge in [0.05, 0.1) is 12.2 Å². The highest BCUT2D eigenvalue weighted by atomic mass is 32.2. The fraction of sp³-hybridized carbons (Fsp3) is 0.381. The average molecular weight is 356 g/mol. The van der Waals surface area contributed by atoms with Crippen LogP contribution in [0.25, 0.3) is 0 Å². The molecular weight excluding hydrogens is 330 g/mol. The van der Waals surface area contributed by atoms with Crippen molar-refractivity contribution in [3.8, 4) is 5.75 Å². The fourth-order valence-electron chi connectivity index (χ4n) is 3.26. The molecule has 0 bridgehead atoms. The Balaban J connectivity index is 1.73. The zero-order chi connectivity index (χ0) is 17.6. The van der Waals surface area contributed by atoms with E-state index in [4.69, 9.17) is 4.74 Å². The van der Waals surface area contributed by atoms with Crippen LogP contribution in [0.3, 0.4) is 0 Å². The molecule has 0 saturated carbocycles. The number of aryl methyl sites for hydroxylation is 1. The monoisotopic (exact) mass is 355 g/mol. The van der Waals surface area contributed by atoms with Crippen LogP contribution in [0.15, 0.2) is 48.5 Å². The van der Waals surface area contributed by atoms with Gasteiger partial charge in [-0.15, -0.1) is 0 Å².